The molecule has 0 radical (unpaired) electrons. The van der Waals surface area contributed by atoms with Gasteiger partial charge < -0.3 is 24.6 Å². The first kappa shape index (κ1) is 26.3. The van der Waals surface area contributed by atoms with Gasteiger partial charge in [0.1, 0.15) is 0 Å². The smallest absolute Gasteiger partial charge is 0.337 e. The molecule has 0 bridgehead atoms. The molecular weight excluding hydrogens is 517 g/mol. The molecule has 37 heavy (non-hydrogen) atoms. The summed E-state index contributed by atoms with van der Waals surface area (Å²) < 4.78 is 10.0. The van der Waals surface area contributed by atoms with E-state index >= 15 is 0 Å². The van der Waals surface area contributed by atoms with E-state index in [9.17, 15) is 14.4 Å². The molecule has 3 aromatic carbocycles. The Morgan fingerprint density at radius 3 is 2.05 bits per heavy atom. The van der Waals surface area contributed by atoms with Crippen LogP contribution in [0.1, 0.15) is 31.1 Å². The third-order valence-electron chi connectivity index (χ3n) is 6.06. The average Bonchev–Trinajstić information content (AvgIpc) is 2.92. The van der Waals surface area contributed by atoms with E-state index in [2.05, 4.69) is 10.2 Å². The second-order valence-corrected chi connectivity index (χ2v) is 9.11. The highest BCUT2D eigenvalue weighted by atomic mass is 35.5. The van der Waals surface area contributed by atoms with E-state index in [1.165, 1.54) is 26.4 Å². The molecule has 1 aliphatic heterocycles. The molecule has 1 aliphatic rings. The van der Waals surface area contributed by atoms with Crippen LogP contribution in [0, 0.1) is 0 Å². The van der Waals surface area contributed by atoms with Gasteiger partial charge in [-0.25, -0.2) is 4.79 Å². The van der Waals surface area contributed by atoms with Crippen molar-refractivity contribution in [3.05, 3.63) is 87.4 Å². The number of hydrogen-bond acceptors (Lipinski definition) is 6. The summed E-state index contributed by atoms with van der Waals surface area (Å²) in [6, 6.07) is 17.0. The Morgan fingerprint density at radius 2 is 1.46 bits per heavy atom. The number of ether oxygens (including phenoxy) is 2. The van der Waals surface area contributed by atoms with Gasteiger partial charge in [0.15, 0.2) is 5.75 Å². The maximum atomic E-state index is 13.1. The molecule has 8 nitrogen and oxygen atoms in total. The molecule has 0 atom stereocenters. The van der Waals surface area contributed by atoms with Gasteiger partial charge in [-0.05, 0) is 42.5 Å². The van der Waals surface area contributed by atoms with Crippen molar-refractivity contribution < 1.29 is 23.9 Å². The van der Waals surface area contributed by atoms with Gasteiger partial charge in [-0.2, -0.15) is 0 Å². The lowest BCUT2D eigenvalue weighted by atomic mass is 10.1. The molecule has 0 spiro atoms. The molecule has 10 heteroatoms. The van der Waals surface area contributed by atoms with Crippen LogP contribution in [0.15, 0.2) is 60.7 Å². The van der Waals surface area contributed by atoms with Crippen molar-refractivity contribution in [3.8, 4) is 5.75 Å². The zero-order chi connectivity index (χ0) is 26.5. The summed E-state index contributed by atoms with van der Waals surface area (Å²) >= 11 is 12.4. The van der Waals surface area contributed by atoms with Gasteiger partial charge in [0.2, 0.25) is 0 Å². The van der Waals surface area contributed by atoms with Crippen LogP contribution in [0.25, 0.3) is 0 Å². The van der Waals surface area contributed by atoms with Gasteiger partial charge in [0, 0.05) is 37.3 Å². The Labute approximate surface area is 224 Å². The number of anilines is 2. The summed E-state index contributed by atoms with van der Waals surface area (Å²) in [7, 11) is 2.73. The summed E-state index contributed by atoms with van der Waals surface area (Å²) in [5, 5.41) is 3.26. The molecule has 0 aromatic heterocycles. The SMILES string of the molecule is COC(=O)c1ccc(N2CCN(C(=O)c3ccccc3)CC2)c(NC(=O)c2cc(Cl)c(OC)c(Cl)c2)c1. The number of carbonyl (C=O) groups is 3. The number of hydrogen-bond donors (Lipinski definition) is 1. The minimum atomic E-state index is -0.532. The van der Waals surface area contributed by atoms with Crippen molar-refractivity contribution in [2.45, 2.75) is 0 Å². The van der Waals surface area contributed by atoms with Crippen LogP contribution in [-0.2, 0) is 4.74 Å². The minimum absolute atomic E-state index is 0.0249. The minimum Gasteiger partial charge on any atom is -0.494 e. The second-order valence-electron chi connectivity index (χ2n) is 8.30. The van der Waals surface area contributed by atoms with Crippen LogP contribution >= 0.6 is 23.2 Å². The number of nitrogens with one attached hydrogen (secondary N) is 1. The molecule has 1 N–H and O–H groups in total. The lowest BCUT2D eigenvalue weighted by Crippen LogP contribution is -2.49. The fourth-order valence-electron chi connectivity index (χ4n) is 4.15. The van der Waals surface area contributed by atoms with Crippen molar-refractivity contribution >= 4 is 52.4 Å². The first-order valence-corrected chi connectivity index (χ1v) is 12.2. The van der Waals surface area contributed by atoms with Gasteiger partial charge >= 0.3 is 5.97 Å². The van der Waals surface area contributed by atoms with Crippen molar-refractivity contribution in [2.75, 3.05) is 50.6 Å². The Morgan fingerprint density at radius 1 is 0.811 bits per heavy atom. The molecule has 0 saturated carbocycles. The van der Waals surface area contributed by atoms with Gasteiger partial charge in [-0.3, -0.25) is 9.59 Å². The fourth-order valence-corrected chi connectivity index (χ4v) is 4.79. The predicted molar refractivity (Wildman–Crippen MR) is 143 cm³/mol. The Bertz CT molecular complexity index is 1300. The number of esters is 1. The van der Waals surface area contributed by atoms with Crippen molar-refractivity contribution in [3.63, 3.8) is 0 Å². The number of carbonyl (C=O) groups excluding carboxylic acids is 3. The summed E-state index contributed by atoms with van der Waals surface area (Å²) in [5.41, 5.74) is 2.27. The highest BCUT2D eigenvalue weighted by Crippen LogP contribution is 2.35. The number of benzene rings is 3. The van der Waals surface area contributed by atoms with E-state index in [4.69, 9.17) is 32.7 Å². The van der Waals surface area contributed by atoms with Crippen LogP contribution in [0.4, 0.5) is 11.4 Å². The summed E-state index contributed by atoms with van der Waals surface area (Å²) in [6.07, 6.45) is 0. The van der Waals surface area contributed by atoms with Crippen LogP contribution < -0.4 is 15.0 Å². The number of methoxy groups -OCH3 is 2. The summed E-state index contributed by atoms with van der Waals surface area (Å²) in [4.78, 5) is 42.0. The fraction of sp³-hybridized carbons (Fsp3) is 0.222. The number of rotatable bonds is 6. The molecule has 1 heterocycles. The van der Waals surface area contributed by atoms with E-state index in [1.54, 1.807) is 35.2 Å². The maximum Gasteiger partial charge on any atom is 0.337 e. The van der Waals surface area contributed by atoms with E-state index in [1.807, 2.05) is 18.2 Å². The van der Waals surface area contributed by atoms with Gasteiger partial charge in [-0.1, -0.05) is 41.4 Å². The van der Waals surface area contributed by atoms with Crippen LogP contribution in [0.2, 0.25) is 10.0 Å². The van der Waals surface area contributed by atoms with Crippen molar-refractivity contribution in [1.82, 2.24) is 4.90 Å². The molecule has 0 unspecified atom stereocenters. The highest BCUT2D eigenvalue weighted by molar-refractivity contribution is 6.37. The Kier molecular flexibility index (Phi) is 8.21. The lowest BCUT2D eigenvalue weighted by Gasteiger charge is -2.37. The zero-order valence-electron chi connectivity index (χ0n) is 20.3. The Hall–Kier alpha value is -3.75. The summed E-state index contributed by atoms with van der Waals surface area (Å²) in [5.74, 6) is -0.747. The number of amides is 2. The monoisotopic (exact) mass is 541 g/mol. The second kappa shape index (κ2) is 11.5. The number of halogens is 2. The van der Waals surface area contributed by atoms with Crippen LogP contribution in [0.5, 0.6) is 5.75 Å². The maximum absolute atomic E-state index is 13.1. The van der Waals surface area contributed by atoms with Crippen LogP contribution in [0.3, 0.4) is 0 Å². The Balaban J connectivity index is 1.57. The largest absolute Gasteiger partial charge is 0.494 e. The highest BCUT2D eigenvalue weighted by Gasteiger charge is 2.25. The third kappa shape index (κ3) is 5.81. The molecule has 1 fully saturated rings. The quantitative estimate of drug-likeness (QED) is 0.441. The third-order valence-corrected chi connectivity index (χ3v) is 6.62. The average molecular weight is 542 g/mol. The normalized spacial score (nSPS) is 13.2. The summed E-state index contributed by atoms with van der Waals surface area (Å²) in [6.45, 7) is 2.09. The van der Waals surface area contributed by atoms with Crippen molar-refractivity contribution in [1.29, 1.82) is 0 Å². The van der Waals surface area contributed by atoms with Crippen LogP contribution in [-0.4, -0.2) is 63.1 Å². The van der Waals surface area contributed by atoms with Crippen molar-refractivity contribution in [2.24, 2.45) is 0 Å². The first-order chi connectivity index (χ1) is 17.8. The van der Waals surface area contributed by atoms with E-state index in [0.29, 0.717) is 43.1 Å². The van der Waals surface area contributed by atoms with Gasteiger partial charge in [0.05, 0.1) is 41.2 Å². The van der Waals surface area contributed by atoms with E-state index < -0.39 is 11.9 Å². The molecule has 3 aromatic rings. The standard InChI is InChI=1S/C27H25Cl2N3O5/c1-36-24-20(28)14-19(15-21(24)29)25(33)30-22-16-18(27(35)37-2)8-9-23(22)31-10-12-32(13-11-31)26(34)17-6-4-3-5-7-17/h3-9,14-16H,10-13H2,1-2H3,(H,30,33). The van der Waals surface area contributed by atoms with Gasteiger partial charge in [-0.15, -0.1) is 0 Å². The molecule has 1 saturated heterocycles. The topological polar surface area (TPSA) is 88.2 Å². The number of nitrogens with zero attached hydrogens (tertiary/aromatic N) is 2. The van der Waals surface area contributed by atoms with E-state index in [-0.39, 0.29) is 32.8 Å². The number of piperazine rings is 1. The zero-order valence-corrected chi connectivity index (χ0v) is 21.8. The molecular formula is C27H25Cl2N3O5. The molecule has 2 amide bonds. The lowest BCUT2D eigenvalue weighted by molar-refractivity contribution is 0.0600. The van der Waals surface area contributed by atoms with Gasteiger partial charge in [0.25, 0.3) is 11.8 Å². The molecule has 0 aliphatic carbocycles. The predicted octanol–water partition coefficient (Wildman–Crippen LogP) is 5.00. The van der Waals surface area contributed by atoms with E-state index in [0.717, 1.165) is 0 Å². The molecule has 4 rings (SSSR count). The molecule has 192 valence electrons. The first-order valence-electron chi connectivity index (χ1n) is 11.5.